The normalized spacial score (nSPS) is 11.2. The summed E-state index contributed by atoms with van der Waals surface area (Å²) in [5, 5.41) is 2.64. The maximum absolute atomic E-state index is 12.2. The van der Waals surface area contributed by atoms with Gasteiger partial charge in [-0.15, -0.1) is 0 Å². The minimum atomic E-state index is -0.112. The number of rotatable bonds is 2. The predicted molar refractivity (Wildman–Crippen MR) is 93.2 cm³/mol. The van der Waals surface area contributed by atoms with Crippen molar-refractivity contribution in [2.75, 3.05) is 0 Å². The predicted octanol–water partition coefficient (Wildman–Crippen LogP) is 3.20. The molecule has 0 aliphatic heterocycles. The van der Waals surface area contributed by atoms with Crippen molar-refractivity contribution in [2.45, 2.75) is 6.54 Å². The molecule has 0 spiro atoms. The largest absolute Gasteiger partial charge is 0.325 e. The van der Waals surface area contributed by atoms with Crippen molar-refractivity contribution >= 4 is 21.7 Å². The van der Waals surface area contributed by atoms with Gasteiger partial charge in [0.05, 0.1) is 5.52 Å². The molecule has 2 aromatic heterocycles. The molecule has 4 heteroatoms. The Bertz CT molecular complexity index is 1080. The van der Waals surface area contributed by atoms with Crippen LogP contribution in [0.4, 0.5) is 0 Å². The monoisotopic (exact) mass is 301 g/mol. The van der Waals surface area contributed by atoms with Crippen LogP contribution in [-0.2, 0) is 6.54 Å². The smallest absolute Gasteiger partial charge is 0.256 e. The first-order valence-corrected chi connectivity index (χ1v) is 7.46. The Morgan fingerprint density at radius 1 is 0.957 bits per heavy atom. The van der Waals surface area contributed by atoms with E-state index >= 15 is 0 Å². The summed E-state index contributed by atoms with van der Waals surface area (Å²) in [4.78, 5) is 19.5. The number of aromatic amines is 1. The molecule has 2 heterocycles. The second-order valence-corrected chi connectivity index (χ2v) is 5.55. The molecular weight excluding hydrogens is 286 g/mol. The van der Waals surface area contributed by atoms with Crippen LogP contribution in [0.15, 0.2) is 65.6 Å². The van der Waals surface area contributed by atoms with E-state index in [2.05, 4.69) is 16.0 Å². The molecule has 0 bridgehead atoms. The molecule has 0 aliphatic rings. The molecule has 0 radical (unpaired) electrons. The molecule has 0 fully saturated rings. The average molecular weight is 301 g/mol. The molecule has 0 saturated carbocycles. The van der Waals surface area contributed by atoms with Crippen molar-refractivity contribution in [3.8, 4) is 11.1 Å². The summed E-state index contributed by atoms with van der Waals surface area (Å²) in [7, 11) is 0. The van der Waals surface area contributed by atoms with Crippen molar-refractivity contribution in [1.29, 1.82) is 0 Å². The summed E-state index contributed by atoms with van der Waals surface area (Å²) >= 11 is 0. The number of nitrogens with zero attached hydrogens (tertiary/aromatic N) is 1. The zero-order valence-corrected chi connectivity index (χ0v) is 12.4. The highest BCUT2D eigenvalue weighted by Crippen LogP contribution is 2.25. The van der Waals surface area contributed by atoms with Gasteiger partial charge in [-0.1, -0.05) is 30.3 Å². The Morgan fingerprint density at radius 2 is 1.83 bits per heavy atom. The lowest BCUT2D eigenvalue weighted by Gasteiger charge is -2.06. The fourth-order valence-corrected chi connectivity index (χ4v) is 2.83. The molecule has 0 saturated heterocycles. The van der Waals surface area contributed by atoms with Crippen LogP contribution in [-0.4, -0.2) is 9.97 Å². The third-order valence-electron chi connectivity index (χ3n) is 4.05. The molecule has 112 valence electrons. The average Bonchev–Trinajstić information content (AvgIpc) is 2.61. The van der Waals surface area contributed by atoms with E-state index in [1.165, 1.54) is 0 Å². The van der Waals surface area contributed by atoms with E-state index in [0.29, 0.717) is 11.9 Å². The van der Waals surface area contributed by atoms with Gasteiger partial charge in [-0.2, -0.15) is 0 Å². The zero-order chi connectivity index (χ0) is 15.8. The number of benzene rings is 2. The second kappa shape index (κ2) is 5.34. The highest BCUT2D eigenvalue weighted by Gasteiger charge is 2.06. The number of para-hydroxylation sites is 1. The molecule has 0 amide bonds. The second-order valence-electron chi connectivity index (χ2n) is 5.55. The summed E-state index contributed by atoms with van der Waals surface area (Å²) in [6, 6.07) is 17.9. The summed E-state index contributed by atoms with van der Waals surface area (Å²) < 4.78 is 0. The Labute approximate surface area is 132 Å². The Hall–Kier alpha value is -2.98. The Kier molecular flexibility index (Phi) is 3.17. The fraction of sp³-hybridized carbons (Fsp3) is 0.0526. The number of hydrogen-bond acceptors (Lipinski definition) is 3. The molecule has 4 rings (SSSR count). The number of fused-ring (bicyclic) bond motifs is 2. The third-order valence-corrected chi connectivity index (χ3v) is 4.05. The summed E-state index contributed by atoms with van der Waals surface area (Å²) in [5.74, 6) is 0. The zero-order valence-electron chi connectivity index (χ0n) is 12.4. The minimum Gasteiger partial charge on any atom is -0.325 e. The van der Waals surface area contributed by atoms with E-state index in [9.17, 15) is 4.79 Å². The van der Waals surface area contributed by atoms with Gasteiger partial charge in [-0.25, -0.2) is 0 Å². The van der Waals surface area contributed by atoms with Crippen LogP contribution in [0.2, 0.25) is 0 Å². The Morgan fingerprint density at radius 3 is 2.70 bits per heavy atom. The van der Waals surface area contributed by atoms with Crippen LogP contribution in [0.3, 0.4) is 0 Å². The highest BCUT2D eigenvalue weighted by molar-refractivity contribution is 5.89. The van der Waals surface area contributed by atoms with Gasteiger partial charge in [0.1, 0.15) is 0 Å². The molecule has 0 atom stereocenters. The highest BCUT2D eigenvalue weighted by atomic mass is 16.1. The van der Waals surface area contributed by atoms with E-state index in [4.69, 9.17) is 5.73 Å². The summed E-state index contributed by atoms with van der Waals surface area (Å²) in [6.07, 6.45) is 1.84. The molecule has 0 unspecified atom stereocenters. The minimum absolute atomic E-state index is 0.112. The van der Waals surface area contributed by atoms with Gasteiger partial charge in [0.2, 0.25) is 0 Å². The van der Waals surface area contributed by atoms with E-state index in [0.717, 1.165) is 33.1 Å². The van der Waals surface area contributed by atoms with Gasteiger partial charge >= 0.3 is 0 Å². The number of nitrogens with two attached hydrogens (primary N) is 1. The molecule has 4 nitrogen and oxygen atoms in total. The van der Waals surface area contributed by atoms with Crippen LogP contribution >= 0.6 is 0 Å². The first kappa shape index (κ1) is 13.7. The first-order chi connectivity index (χ1) is 11.2. The number of aromatic nitrogens is 2. The molecule has 0 aliphatic carbocycles. The molecule has 4 aromatic rings. The van der Waals surface area contributed by atoms with Crippen molar-refractivity contribution in [3.05, 3.63) is 76.8 Å². The van der Waals surface area contributed by atoms with Crippen molar-refractivity contribution in [3.63, 3.8) is 0 Å². The maximum atomic E-state index is 12.2. The summed E-state index contributed by atoms with van der Waals surface area (Å²) in [5.41, 5.74) is 9.16. The maximum Gasteiger partial charge on any atom is 0.256 e. The molecule has 2 aromatic carbocycles. The van der Waals surface area contributed by atoms with Crippen molar-refractivity contribution < 1.29 is 0 Å². The quantitative estimate of drug-likeness (QED) is 0.597. The van der Waals surface area contributed by atoms with E-state index in [-0.39, 0.29) is 5.56 Å². The van der Waals surface area contributed by atoms with E-state index in [1.807, 2.05) is 54.7 Å². The SMILES string of the molecule is NCc1cc2ccc(-c3cnc4ccccc4c3)cc2c(=O)[nH]1. The molecule has 23 heavy (non-hydrogen) atoms. The van der Waals surface area contributed by atoms with Gasteiger partial charge < -0.3 is 10.7 Å². The van der Waals surface area contributed by atoms with Crippen LogP contribution < -0.4 is 11.3 Å². The first-order valence-electron chi connectivity index (χ1n) is 7.46. The number of pyridine rings is 2. The lowest BCUT2D eigenvalue weighted by atomic mass is 10.0. The van der Waals surface area contributed by atoms with E-state index in [1.54, 1.807) is 0 Å². The van der Waals surface area contributed by atoms with Crippen LogP contribution in [0.5, 0.6) is 0 Å². The summed E-state index contributed by atoms with van der Waals surface area (Å²) in [6.45, 7) is 0.321. The lowest BCUT2D eigenvalue weighted by molar-refractivity contribution is 0.983. The van der Waals surface area contributed by atoms with Gasteiger partial charge in [0.15, 0.2) is 0 Å². The fourth-order valence-electron chi connectivity index (χ4n) is 2.83. The molecular formula is C19H15N3O. The molecule has 3 N–H and O–H groups in total. The number of nitrogens with one attached hydrogen (secondary N) is 1. The van der Waals surface area contributed by atoms with Gasteiger partial charge in [-0.3, -0.25) is 9.78 Å². The van der Waals surface area contributed by atoms with Crippen LogP contribution in [0, 0.1) is 0 Å². The van der Waals surface area contributed by atoms with Gasteiger partial charge in [0, 0.05) is 34.8 Å². The van der Waals surface area contributed by atoms with Crippen molar-refractivity contribution in [2.24, 2.45) is 5.73 Å². The van der Waals surface area contributed by atoms with Gasteiger partial charge in [0.25, 0.3) is 5.56 Å². The van der Waals surface area contributed by atoms with E-state index < -0.39 is 0 Å². The standard InChI is InChI=1S/C19H15N3O/c20-10-16-8-13-6-5-12(9-17(13)19(23)22-16)15-7-14-3-1-2-4-18(14)21-11-15/h1-9,11H,10,20H2,(H,22,23). The number of H-pyrrole nitrogens is 1. The van der Waals surface area contributed by atoms with Gasteiger partial charge in [-0.05, 0) is 35.2 Å². The Balaban J connectivity index is 1.90. The van der Waals surface area contributed by atoms with Crippen LogP contribution in [0.1, 0.15) is 5.69 Å². The topological polar surface area (TPSA) is 71.8 Å². The number of hydrogen-bond donors (Lipinski definition) is 2. The van der Waals surface area contributed by atoms with Crippen molar-refractivity contribution in [1.82, 2.24) is 9.97 Å². The van der Waals surface area contributed by atoms with Crippen LogP contribution in [0.25, 0.3) is 32.8 Å². The lowest BCUT2D eigenvalue weighted by Crippen LogP contribution is -2.11. The third kappa shape index (κ3) is 2.39.